The molecular formula is C13H17N5O2S. The van der Waals surface area contributed by atoms with Crippen LogP contribution >= 0.6 is 11.3 Å². The second kappa shape index (κ2) is 5.45. The minimum absolute atomic E-state index is 0.0908. The molecule has 2 aromatic heterocycles. The fourth-order valence-electron chi connectivity index (χ4n) is 2.50. The molecule has 3 N–H and O–H groups in total. The highest BCUT2D eigenvalue weighted by atomic mass is 32.1. The first-order valence-electron chi connectivity index (χ1n) is 6.70. The van der Waals surface area contributed by atoms with E-state index in [1.165, 1.54) is 0 Å². The van der Waals surface area contributed by atoms with Crippen molar-refractivity contribution < 1.29 is 9.53 Å². The average Bonchev–Trinajstić information content (AvgIpc) is 2.85. The molecule has 1 unspecified atom stereocenters. The van der Waals surface area contributed by atoms with Crippen molar-refractivity contribution in [3.63, 3.8) is 0 Å². The number of ether oxygens (including phenoxy) is 1. The van der Waals surface area contributed by atoms with Crippen LogP contribution in [0.4, 0.5) is 11.8 Å². The number of rotatable bonds is 2. The standard InChI is InChI=1S/C13H17N5O2S/c1-7-5-8-10(16-13(14)17-12(8)21-7)18-3-4-20-6-9(18)11(19)15-2/h5,9H,3-4,6H2,1-2H3,(H,15,19)(H2,14,16,17). The van der Waals surface area contributed by atoms with Gasteiger partial charge in [0.1, 0.15) is 16.7 Å². The topological polar surface area (TPSA) is 93.4 Å². The molecular weight excluding hydrogens is 290 g/mol. The first kappa shape index (κ1) is 14.0. The maximum Gasteiger partial charge on any atom is 0.244 e. The Bertz CT molecular complexity index is 686. The van der Waals surface area contributed by atoms with Gasteiger partial charge in [0.2, 0.25) is 11.9 Å². The van der Waals surface area contributed by atoms with Crippen LogP contribution in [0.1, 0.15) is 4.88 Å². The van der Waals surface area contributed by atoms with E-state index in [1.807, 2.05) is 17.9 Å². The van der Waals surface area contributed by atoms with Gasteiger partial charge in [-0.1, -0.05) is 0 Å². The van der Waals surface area contributed by atoms with E-state index in [0.29, 0.717) is 25.6 Å². The summed E-state index contributed by atoms with van der Waals surface area (Å²) in [5.41, 5.74) is 5.82. The fraction of sp³-hybridized carbons (Fsp3) is 0.462. The molecule has 0 aromatic carbocycles. The number of aryl methyl sites for hydroxylation is 1. The molecule has 0 spiro atoms. The van der Waals surface area contributed by atoms with Crippen LogP contribution in [0.5, 0.6) is 0 Å². The van der Waals surface area contributed by atoms with E-state index in [-0.39, 0.29) is 11.9 Å². The summed E-state index contributed by atoms with van der Waals surface area (Å²) < 4.78 is 5.43. The van der Waals surface area contributed by atoms with Crippen molar-refractivity contribution in [3.8, 4) is 0 Å². The van der Waals surface area contributed by atoms with Gasteiger partial charge in [0.25, 0.3) is 0 Å². The smallest absolute Gasteiger partial charge is 0.244 e. The van der Waals surface area contributed by atoms with Crippen molar-refractivity contribution in [2.24, 2.45) is 0 Å². The highest BCUT2D eigenvalue weighted by Gasteiger charge is 2.31. The first-order valence-corrected chi connectivity index (χ1v) is 7.51. The Balaban J connectivity index is 2.10. The summed E-state index contributed by atoms with van der Waals surface area (Å²) in [5.74, 6) is 0.840. The molecule has 7 nitrogen and oxygen atoms in total. The summed E-state index contributed by atoms with van der Waals surface area (Å²) >= 11 is 1.57. The van der Waals surface area contributed by atoms with E-state index in [1.54, 1.807) is 18.4 Å². The summed E-state index contributed by atoms with van der Waals surface area (Å²) in [6.45, 7) is 3.51. The number of aromatic nitrogens is 2. The molecule has 0 radical (unpaired) electrons. The van der Waals surface area contributed by atoms with Gasteiger partial charge in [-0.25, -0.2) is 4.98 Å². The number of thiophene rings is 1. The van der Waals surface area contributed by atoms with Crippen molar-refractivity contribution in [2.75, 3.05) is 37.4 Å². The maximum atomic E-state index is 12.1. The van der Waals surface area contributed by atoms with Crippen LogP contribution in [-0.2, 0) is 9.53 Å². The molecule has 1 saturated heterocycles. The molecule has 0 saturated carbocycles. The third-order valence-corrected chi connectivity index (χ3v) is 4.41. The van der Waals surface area contributed by atoms with Crippen LogP contribution < -0.4 is 16.0 Å². The lowest BCUT2D eigenvalue weighted by molar-refractivity contribution is -0.124. The fourth-order valence-corrected chi connectivity index (χ4v) is 3.38. The Morgan fingerprint density at radius 1 is 1.57 bits per heavy atom. The zero-order chi connectivity index (χ0) is 15.0. The van der Waals surface area contributed by atoms with Crippen molar-refractivity contribution in [3.05, 3.63) is 10.9 Å². The van der Waals surface area contributed by atoms with Gasteiger partial charge in [0, 0.05) is 18.5 Å². The Morgan fingerprint density at radius 2 is 2.38 bits per heavy atom. The number of fused-ring (bicyclic) bond motifs is 1. The van der Waals surface area contributed by atoms with E-state index in [4.69, 9.17) is 10.5 Å². The number of anilines is 2. The van der Waals surface area contributed by atoms with Gasteiger partial charge >= 0.3 is 0 Å². The molecule has 1 atom stereocenters. The van der Waals surface area contributed by atoms with Gasteiger partial charge in [0.15, 0.2) is 0 Å². The second-order valence-corrected chi connectivity index (χ2v) is 6.11. The van der Waals surface area contributed by atoms with Crippen molar-refractivity contribution in [2.45, 2.75) is 13.0 Å². The van der Waals surface area contributed by atoms with Gasteiger partial charge in [-0.15, -0.1) is 11.3 Å². The summed E-state index contributed by atoms with van der Waals surface area (Å²) in [6.07, 6.45) is 0. The number of nitrogen functional groups attached to an aromatic ring is 1. The Hall–Kier alpha value is -1.93. The van der Waals surface area contributed by atoms with Crippen LogP contribution in [0.2, 0.25) is 0 Å². The quantitative estimate of drug-likeness (QED) is 0.841. The number of carbonyl (C=O) groups excluding carboxylic acids is 1. The average molecular weight is 307 g/mol. The van der Waals surface area contributed by atoms with Gasteiger partial charge in [-0.3, -0.25) is 4.79 Å². The molecule has 1 fully saturated rings. The Morgan fingerprint density at radius 3 is 3.14 bits per heavy atom. The molecule has 112 valence electrons. The molecule has 0 aliphatic carbocycles. The zero-order valence-corrected chi connectivity index (χ0v) is 12.7. The van der Waals surface area contributed by atoms with Crippen molar-refractivity contribution >= 4 is 39.2 Å². The van der Waals surface area contributed by atoms with E-state index in [9.17, 15) is 4.79 Å². The van der Waals surface area contributed by atoms with Crippen LogP contribution in [0.15, 0.2) is 6.07 Å². The van der Waals surface area contributed by atoms with E-state index >= 15 is 0 Å². The van der Waals surface area contributed by atoms with Crippen LogP contribution in [0.3, 0.4) is 0 Å². The maximum absolute atomic E-state index is 12.1. The third kappa shape index (κ3) is 2.52. The number of carbonyl (C=O) groups is 1. The van der Waals surface area contributed by atoms with Gasteiger partial charge in [-0.2, -0.15) is 4.98 Å². The highest BCUT2D eigenvalue weighted by Crippen LogP contribution is 2.32. The number of likely N-dealkylation sites (N-methyl/N-ethyl adjacent to an activating group) is 1. The molecule has 3 rings (SSSR count). The molecule has 3 heterocycles. The molecule has 2 aromatic rings. The third-order valence-electron chi connectivity index (χ3n) is 3.46. The number of amides is 1. The van der Waals surface area contributed by atoms with E-state index in [0.717, 1.165) is 15.1 Å². The zero-order valence-electron chi connectivity index (χ0n) is 11.9. The first-order chi connectivity index (χ1) is 10.1. The Labute approximate surface area is 126 Å². The lowest BCUT2D eigenvalue weighted by Crippen LogP contribution is -2.53. The number of nitrogens with one attached hydrogen (secondary N) is 1. The number of nitrogens with zero attached hydrogens (tertiary/aromatic N) is 3. The van der Waals surface area contributed by atoms with Crippen molar-refractivity contribution in [1.29, 1.82) is 0 Å². The summed E-state index contributed by atoms with van der Waals surface area (Å²) in [4.78, 5) is 24.6. The predicted molar refractivity (Wildman–Crippen MR) is 82.6 cm³/mol. The minimum atomic E-state index is -0.401. The summed E-state index contributed by atoms with van der Waals surface area (Å²) in [5, 5.41) is 3.60. The molecule has 0 bridgehead atoms. The highest BCUT2D eigenvalue weighted by molar-refractivity contribution is 7.18. The predicted octanol–water partition coefficient (Wildman–Crippen LogP) is 0.533. The molecule has 1 amide bonds. The normalized spacial score (nSPS) is 19.0. The van der Waals surface area contributed by atoms with Crippen LogP contribution in [-0.4, -0.2) is 48.7 Å². The second-order valence-electron chi connectivity index (χ2n) is 4.88. The monoisotopic (exact) mass is 307 g/mol. The van der Waals surface area contributed by atoms with Gasteiger partial charge < -0.3 is 20.7 Å². The van der Waals surface area contributed by atoms with Crippen LogP contribution in [0.25, 0.3) is 10.2 Å². The largest absolute Gasteiger partial charge is 0.377 e. The van der Waals surface area contributed by atoms with Crippen molar-refractivity contribution in [1.82, 2.24) is 15.3 Å². The minimum Gasteiger partial charge on any atom is -0.377 e. The van der Waals surface area contributed by atoms with Crippen LogP contribution in [0, 0.1) is 6.92 Å². The number of hydrogen-bond acceptors (Lipinski definition) is 7. The molecule has 1 aliphatic heterocycles. The summed E-state index contributed by atoms with van der Waals surface area (Å²) in [7, 11) is 1.62. The summed E-state index contributed by atoms with van der Waals surface area (Å²) in [6, 6.07) is 1.63. The SMILES string of the molecule is CNC(=O)C1COCCN1c1nc(N)nc2sc(C)cc12. The van der Waals surface area contributed by atoms with Gasteiger partial charge in [0.05, 0.1) is 18.6 Å². The molecule has 8 heteroatoms. The van der Waals surface area contributed by atoms with Gasteiger partial charge in [-0.05, 0) is 13.0 Å². The Kier molecular flexibility index (Phi) is 3.64. The lowest BCUT2D eigenvalue weighted by Gasteiger charge is -2.35. The number of nitrogens with two attached hydrogens (primary N) is 1. The van der Waals surface area contributed by atoms with E-state index < -0.39 is 6.04 Å². The lowest BCUT2D eigenvalue weighted by atomic mass is 10.2. The number of morpholine rings is 1. The molecule has 1 aliphatic rings. The number of hydrogen-bond donors (Lipinski definition) is 2. The molecule has 21 heavy (non-hydrogen) atoms. The van der Waals surface area contributed by atoms with E-state index in [2.05, 4.69) is 15.3 Å².